The van der Waals surface area contributed by atoms with Crippen LogP contribution < -0.4 is 5.32 Å². The summed E-state index contributed by atoms with van der Waals surface area (Å²) in [6, 6.07) is 11.6. The van der Waals surface area contributed by atoms with Crippen molar-refractivity contribution in [3.05, 3.63) is 77.0 Å². The summed E-state index contributed by atoms with van der Waals surface area (Å²) >= 11 is 0. The molecule has 1 N–H and O–H groups in total. The minimum absolute atomic E-state index is 0.0626. The summed E-state index contributed by atoms with van der Waals surface area (Å²) in [6.07, 6.45) is 2.00. The Morgan fingerprint density at radius 1 is 0.964 bits per heavy atom. The number of nitrogens with zero attached hydrogens (tertiary/aromatic N) is 3. The molecule has 1 aromatic heterocycles. The van der Waals surface area contributed by atoms with Crippen molar-refractivity contribution in [3.8, 4) is 11.4 Å². The zero-order valence-electron chi connectivity index (χ0n) is 14.8. The molecular weight excluding hydrogens is 362 g/mol. The molecule has 140 valence electrons. The van der Waals surface area contributed by atoms with E-state index in [0.717, 1.165) is 24.1 Å². The molecule has 1 unspecified atom stereocenters. The van der Waals surface area contributed by atoms with Gasteiger partial charge in [0.05, 0.1) is 0 Å². The van der Waals surface area contributed by atoms with E-state index < -0.39 is 6.04 Å². The lowest BCUT2D eigenvalue weighted by atomic mass is 9.85. The van der Waals surface area contributed by atoms with Crippen molar-refractivity contribution in [2.75, 3.05) is 5.32 Å². The summed E-state index contributed by atoms with van der Waals surface area (Å²) in [5.41, 5.74) is 2.94. The first kappa shape index (κ1) is 16.8. The number of aromatic nitrogens is 3. The lowest BCUT2D eigenvalue weighted by Crippen LogP contribution is -2.31. The summed E-state index contributed by atoms with van der Waals surface area (Å²) in [4.78, 5) is 17.3. The predicted molar refractivity (Wildman–Crippen MR) is 99.5 cm³/mol. The fourth-order valence-corrected chi connectivity index (χ4v) is 3.83. The van der Waals surface area contributed by atoms with E-state index in [1.165, 1.54) is 24.3 Å². The molecule has 0 spiro atoms. The van der Waals surface area contributed by atoms with Crippen LogP contribution in [0.15, 0.2) is 59.8 Å². The number of rotatable bonds is 2. The quantitative estimate of drug-likeness (QED) is 0.724. The van der Waals surface area contributed by atoms with Crippen molar-refractivity contribution in [3.63, 3.8) is 0 Å². The first-order chi connectivity index (χ1) is 13.6. The van der Waals surface area contributed by atoms with Gasteiger partial charge in [-0.2, -0.15) is 4.98 Å². The molecule has 0 saturated carbocycles. The Morgan fingerprint density at radius 3 is 2.36 bits per heavy atom. The fourth-order valence-electron chi connectivity index (χ4n) is 3.83. The van der Waals surface area contributed by atoms with Gasteiger partial charge in [0.25, 0.3) is 0 Å². The monoisotopic (exact) mass is 378 g/mol. The largest absolute Gasteiger partial charge is 0.328 e. The fraction of sp³-hybridized carbons (Fsp3) is 0.190. The number of halogens is 2. The van der Waals surface area contributed by atoms with Crippen molar-refractivity contribution in [1.82, 2.24) is 14.8 Å². The Bertz CT molecular complexity index is 1100. The number of anilines is 1. The summed E-state index contributed by atoms with van der Waals surface area (Å²) in [7, 11) is 0. The van der Waals surface area contributed by atoms with Crippen LogP contribution in [0, 0.1) is 11.6 Å². The molecule has 5 nitrogen and oxygen atoms in total. The zero-order valence-corrected chi connectivity index (χ0v) is 14.8. The minimum Gasteiger partial charge on any atom is -0.328 e. The Labute approximate surface area is 159 Å². The number of benzene rings is 2. The van der Waals surface area contributed by atoms with Gasteiger partial charge in [-0.05, 0) is 54.8 Å². The van der Waals surface area contributed by atoms with Crippen molar-refractivity contribution < 1.29 is 13.6 Å². The van der Waals surface area contributed by atoms with E-state index in [1.807, 2.05) is 0 Å². The van der Waals surface area contributed by atoms with E-state index in [0.29, 0.717) is 29.3 Å². The van der Waals surface area contributed by atoms with Crippen molar-refractivity contribution in [2.45, 2.75) is 25.3 Å². The van der Waals surface area contributed by atoms with Gasteiger partial charge in [0.2, 0.25) is 5.95 Å². The average molecular weight is 378 g/mol. The van der Waals surface area contributed by atoms with Gasteiger partial charge >= 0.3 is 0 Å². The average Bonchev–Trinajstić information content (AvgIpc) is 3.11. The van der Waals surface area contributed by atoms with E-state index >= 15 is 0 Å². The Morgan fingerprint density at radius 2 is 1.64 bits per heavy atom. The predicted octanol–water partition coefficient (Wildman–Crippen LogP) is 4.25. The maximum Gasteiger partial charge on any atom is 0.226 e. The minimum atomic E-state index is -0.471. The van der Waals surface area contributed by atoms with Crippen molar-refractivity contribution in [1.29, 1.82) is 0 Å². The van der Waals surface area contributed by atoms with E-state index in [4.69, 9.17) is 0 Å². The summed E-state index contributed by atoms with van der Waals surface area (Å²) in [6.45, 7) is 0. The third kappa shape index (κ3) is 2.70. The van der Waals surface area contributed by atoms with E-state index in [-0.39, 0.29) is 17.4 Å². The van der Waals surface area contributed by atoms with Gasteiger partial charge in [0.15, 0.2) is 11.6 Å². The maximum absolute atomic E-state index is 13.5. The van der Waals surface area contributed by atoms with Gasteiger partial charge in [-0.15, -0.1) is 5.10 Å². The number of Topliss-reactive ketones (excluding diaryl/α,β-unsaturated/α-hetero) is 1. The molecule has 1 atom stereocenters. The van der Waals surface area contributed by atoms with Crippen LogP contribution in [0.1, 0.15) is 30.9 Å². The molecule has 1 aliphatic heterocycles. The van der Waals surface area contributed by atoms with Crippen LogP contribution in [0.3, 0.4) is 0 Å². The highest BCUT2D eigenvalue weighted by molar-refractivity contribution is 5.99. The number of fused-ring (bicyclic) bond motifs is 1. The SMILES string of the molecule is O=C1CCCC2=C1C(c1ccc(F)cc1)n1nc(-c3ccc(F)cc3)nc1N2. The summed E-state index contributed by atoms with van der Waals surface area (Å²) in [5.74, 6) is 0.335. The van der Waals surface area contributed by atoms with Crippen LogP contribution in [0.4, 0.5) is 14.7 Å². The van der Waals surface area contributed by atoms with Crippen LogP contribution >= 0.6 is 0 Å². The van der Waals surface area contributed by atoms with Crippen LogP contribution in [-0.2, 0) is 4.79 Å². The Balaban J connectivity index is 1.66. The molecule has 0 radical (unpaired) electrons. The van der Waals surface area contributed by atoms with E-state index in [9.17, 15) is 13.6 Å². The molecule has 28 heavy (non-hydrogen) atoms. The smallest absolute Gasteiger partial charge is 0.226 e. The van der Waals surface area contributed by atoms with Gasteiger partial charge in [-0.3, -0.25) is 4.79 Å². The lowest BCUT2D eigenvalue weighted by molar-refractivity contribution is -0.116. The van der Waals surface area contributed by atoms with Gasteiger partial charge in [-0.1, -0.05) is 12.1 Å². The lowest BCUT2D eigenvalue weighted by Gasteiger charge is -2.32. The van der Waals surface area contributed by atoms with Gasteiger partial charge in [0.1, 0.15) is 17.7 Å². The Kier molecular flexibility index (Phi) is 3.82. The van der Waals surface area contributed by atoms with Gasteiger partial charge < -0.3 is 5.32 Å². The van der Waals surface area contributed by atoms with Crippen molar-refractivity contribution in [2.24, 2.45) is 0 Å². The van der Waals surface area contributed by atoms with E-state index in [1.54, 1.807) is 28.9 Å². The highest BCUT2D eigenvalue weighted by atomic mass is 19.1. The van der Waals surface area contributed by atoms with Crippen LogP contribution in [0.5, 0.6) is 0 Å². The highest BCUT2D eigenvalue weighted by Gasteiger charge is 2.36. The number of carbonyl (C=O) groups is 1. The van der Waals surface area contributed by atoms with Gasteiger partial charge in [-0.25, -0.2) is 13.5 Å². The number of nitrogens with one attached hydrogen (secondary N) is 1. The second kappa shape index (κ2) is 6.37. The molecule has 0 saturated heterocycles. The summed E-state index contributed by atoms with van der Waals surface area (Å²) < 4.78 is 28.4. The van der Waals surface area contributed by atoms with E-state index in [2.05, 4.69) is 15.4 Å². The van der Waals surface area contributed by atoms with Gasteiger partial charge in [0, 0.05) is 23.3 Å². The molecule has 2 aromatic carbocycles. The second-order valence-corrected chi connectivity index (χ2v) is 6.96. The van der Waals surface area contributed by atoms with Crippen molar-refractivity contribution >= 4 is 11.7 Å². The molecule has 7 heteroatoms. The highest BCUT2D eigenvalue weighted by Crippen LogP contribution is 2.40. The first-order valence-electron chi connectivity index (χ1n) is 9.11. The number of ketones is 1. The maximum atomic E-state index is 13.5. The standard InChI is InChI=1S/C21H16F2N4O/c22-14-8-4-12(5-9-14)19-18-16(2-1-3-17(18)28)24-21-25-20(26-27(19)21)13-6-10-15(23)11-7-13/h4-11,19H,1-3H2,(H,24,25,26). The molecule has 1 aliphatic carbocycles. The summed E-state index contributed by atoms with van der Waals surface area (Å²) in [5, 5.41) is 7.84. The Hall–Kier alpha value is -3.35. The molecule has 5 rings (SSSR count). The number of carbonyl (C=O) groups excluding carboxylic acids is 1. The third-order valence-corrected chi connectivity index (χ3v) is 5.16. The third-order valence-electron chi connectivity index (χ3n) is 5.16. The van der Waals surface area contributed by atoms with Crippen LogP contribution in [-0.4, -0.2) is 20.5 Å². The molecule has 3 aromatic rings. The second-order valence-electron chi connectivity index (χ2n) is 6.96. The zero-order chi connectivity index (χ0) is 19.3. The molecule has 2 aliphatic rings. The molecule has 0 amide bonds. The molecule has 0 fully saturated rings. The van der Waals surface area contributed by atoms with Crippen LogP contribution in [0.25, 0.3) is 11.4 Å². The number of hydrogen-bond acceptors (Lipinski definition) is 4. The number of hydrogen-bond donors (Lipinski definition) is 1. The van der Waals surface area contributed by atoms with Crippen LogP contribution in [0.2, 0.25) is 0 Å². The molecular formula is C21H16F2N4O. The number of allylic oxidation sites excluding steroid dienone is 2. The molecule has 0 bridgehead atoms. The normalized spacial score (nSPS) is 18.5. The topological polar surface area (TPSA) is 59.8 Å². The first-order valence-corrected chi connectivity index (χ1v) is 9.11. The molecule has 2 heterocycles.